The summed E-state index contributed by atoms with van der Waals surface area (Å²) in [4.78, 5) is 17.7. The first-order valence-corrected chi connectivity index (χ1v) is 10.2. The van der Waals surface area contributed by atoms with Gasteiger partial charge in [0.1, 0.15) is 0 Å². The fourth-order valence-corrected chi connectivity index (χ4v) is 3.70. The number of carbonyl (C=O) groups excluding carboxylic acids is 1. The Morgan fingerprint density at radius 1 is 1.00 bits per heavy atom. The highest BCUT2D eigenvalue weighted by atomic mass is 16.2. The van der Waals surface area contributed by atoms with E-state index in [1.165, 1.54) is 5.56 Å². The summed E-state index contributed by atoms with van der Waals surface area (Å²) in [6.07, 6.45) is 3.68. The number of amides is 1. The number of hydrogen-bond donors (Lipinski definition) is 0. The summed E-state index contributed by atoms with van der Waals surface area (Å²) in [5.41, 5.74) is 5.13. The van der Waals surface area contributed by atoms with Crippen molar-refractivity contribution in [3.8, 4) is 5.69 Å². The quantitative estimate of drug-likeness (QED) is 0.784. The minimum Gasteiger partial charge on any atom is -0.336 e. The van der Waals surface area contributed by atoms with E-state index < -0.39 is 0 Å². The molecule has 1 aromatic carbocycles. The Bertz CT molecular complexity index is 770. The highest BCUT2D eigenvalue weighted by molar-refractivity contribution is 5.97. The third-order valence-electron chi connectivity index (χ3n) is 5.31. The molecule has 5 nitrogen and oxygen atoms in total. The molecule has 2 aromatic rings. The maximum absolute atomic E-state index is 13.5. The average molecular weight is 369 g/mol. The van der Waals surface area contributed by atoms with Crippen LogP contribution in [0.3, 0.4) is 0 Å². The Kier molecular flexibility index (Phi) is 6.32. The van der Waals surface area contributed by atoms with Gasteiger partial charge in [-0.3, -0.25) is 4.79 Å². The maximum atomic E-state index is 13.5. The van der Waals surface area contributed by atoms with E-state index in [-0.39, 0.29) is 5.91 Å². The second-order valence-electron chi connectivity index (χ2n) is 7.61. The summed E-state index contributed by atoms with van der Waals surface area (Å²) >= 11 is 0. The van der Waals surface area contributed by atoms with Crippen molar-refractivity contribution < 1.29 is 4.79 Å². The zero-order chi connectivity index (χ0) is 19.4. The molecule has 0 unspecified atom stereocenters. The van der Waals surface area contributed by atoms with Gasteiger partial charge in [-0.05, 0) is 38.9 Å². The van der Waals surface area contributed by atoms with E-state index in [0.717, 1.165) is 74.5 Å². The third kappa shape index (κ3) is 4.24. The Morgan fingerprint density at radius 3 is 2.22 bits per heavy atom. The zero-order valence-corrected chi connectivity index (χ0v) is 17.2. The summed E-state index contributed by atoms with van der Waals surface area (Å²) in [5.74, 6) is 0.161. The number of benzene rings is 1. The van der Waals surface area contributed by atoms with Gasteiger partial charge in [-0.1, -0.05) is 44.4 Å². The van der Waals surface area contributed by atoms with Gasteiger partial charge in [-0.25, -0.2) is 4.68 Å². The van der Waals surface area contributed by atoms with Crippen LogP contribution in [-0.4, -0.2) is 58.7 Å². The van der Waals surface area contributed by atoms with Gasteiger partial charge in [-0.15, -0.1) is 0 Å². The van der Waals surface area contributed by atoms with Crippen molar-refractivity contribution in [2.45, 2.75) is 46.5 Å². The molecule has 0 bridgehead atoms. The number of piperazine rings is 1. The minimum atomic E-state index is 0.161. The molecule has 0 spiro atoms. The van der Waals surface area contributed by atoms with Gasteiger partial charge in [0.25, 0.3) is 5.91 Å². The molecule has 0 aliphatic carbocycles. The predicted molar refractivity (Wildman–Crippen MR) is 110 cm³/mol. The van der Waals surface area contributed by atoms with Crippen molar-refractivity contribution >= 4 is 5.91 Å². The largest absolute Gasteiger partial charge is 0.336 e. The number of rotatable bonds is 6. The zero-order valence-electron chi connectivity index (χ0n) is 17.2. The van der Waals surface area contributed by atoms with Gasteiger partial charge in [0, 0.05) is 26.2 Å². The summed E-state index contributed by atoms with van der Waals surface area (Å²) in [6.45, 7) is 9.85. The number of nitrogens with zero attached hydrogens (tertiary/aromatic N) is 4. The Hall–Kier alpha value is -2.14. The summed E-state index contributed by atoms with van der Waals surface area (Å²) < 4.78 is 2.01. The molecule has 0 saturated carbocycles. The van der Waals surface area contributed by atoms with Crippen LogP contribution in [0.15, 0.2) is 24.3 Å². The highest BCUT2D eigenvalue weighted by Crippen LogP contribution is 2.24. The normalized spacial score (nSPS) is 15.3. The molecule has 1 aliphatic rings. The van der Waals surface area contributed by atoms with Crippen molar-refractivity contribution in [2.75, 3.05) is 33.2 Å². The molecule has 0 radical (unpaired) electrons. The Balaban J connectivity index is 2.04. The number of hydrogen-bond acceptors (Lipinski definition) is 3. The maximum Gasteiger partial charge on any atom is 0.257 e. The molecule has 0 atom stereocenters. The van der Waals surface area contributed by atoms with Gasteiger partial charge in [0.05, 0.1) is 22.6 Å². The monoisotopic (exact) mass is 368 g/mol. The van der Waals surface area contributed by atoms with E-state index in [2.05, 4.69) is 57.0 Å². The molecule has 1 amide bonds. The molecular weight excluding hydrogens is 336 g/mol. The molecule has 1 aliphatic heterocycles. The van der Waals surface area contributed by atoms with Gasteiger partial charge in [-0.2, -0.15) is 5.10 Å². The van der Waals surface area contributed by atoms with E-state index in [9.17, 15) is 4.79 Å². The molecule has 0 N–H and O–H groups in total. The van der Waals surface area contributed by atoms with Crippen LogP contribution in [0.5, 0.6) is 0 Å². The van der Waals surface area contributed by atoms with E-state index in [1.54, 1.807) is 0 Å². The van der Waals surface area contributed by atoms with Crippen LogP contribution in [0.25, 0.3) is 5.69 Å². The molecule has 2 heterocycles. The van der Waals surface area contributed by atoms with Crippen LogP contribution in [0.4, 0.5) is 0 Å². The van der Waals surface area contributed by atoms with E-state index >= 15 is 0 Å². The molecule has 146 valence electrons. The first-order chi connectivity index (χ1) is 13.0. The number of carbonyl (C=O) groups is 1. The van der Waals surface area contributed by atoms with Crippen LogP contribution >= 0.6 is 0 Å². The first kappa shape index (κ1) is 19.6. The first-order valence-electron chi connectivity index (χ1n) is 10.2. The van der Waals surface area contributed by atoms with Crippen LogP contribution in [0.2, 0.25) is 0 Å². The van der Waals surface area contributed by atoms with Gasteiger partial charge in [0.15, 0.2) is 0 Å². The summed E-state index contributed by atoms with van der Waals surface area (Å²) in [6, 6.07) is 8.41. The highest BCUT2D eigenvalue weighted by Gasteiger charge is 2.28. The lowest BCUT2D eigenvalue weighted by Crippen LogP contribution is -2.47. The number of aromatic nitrogens is 2. The van der Waals surface area contributed by atoms with Gasteiger partial charge >= 0.3 is 0 Å². The van der Waals surface area contributed by atoms with E-state index in [0.29, 0.717) is 0 Å². The van der Waals surface area contributed by atoms with E-state index in [4.69, 9.17) is 5.10 Å². The fourth-order valence-electron chi connectivity index (χ4n) is 3.70. The molecule has 1 saturated heterocycles. The predicted octanol–water partition coefficient (Wildman–Crippen LogP) is 3.47. The SMILES string of the molecule is CCCc1nn(-c2ccc(C)cc2)c(CCC)c1C(=O)N1CCN(C)CC1. The van der Waals surface area contributed by atoms with Crippen molar-refractivity contribution in [2.24, 2.45) is 0 Å². The van der Waals surface area contributed by atoms with Gasteiger partial charge in [0.2, 0.25) is 0 Å². The van der Waals surface area contributed by atoms with Crippen LogP contribution < -0.4 is 0 Å². The number of aryl methyl sites for hydroxylation is 2. The van der Waals surface area contributed by atoms with Crippen molar-refractivity contribution in [3.63, 3.8) is 0 Å². The van der Waals surface area contributed by atoms with Gasteiger partial charge < -0.3 is 9.80 Å². The van der Waals surface area contributed by atoms with Crippen molar-refractivity contribution in [3.05, 3.63) is 46.8 Å². The molecule has 27 heavy (non-hydrogen) atoms. The van der Waals surface area contributed by atoms with Crippen LogP contribution in [0, 0.1) is 6.92 Å². The molecule has 5 heteroatoms. The van der Waals surface area contributed by atoms with Crippen molar-refractivity contribution in [1.29, 1.82) is 0 Å². The summed E-state index contributed by atoms with van der Waals surface area (Å²) in [7, 11) is 2.11. The molecular formula is C22H32N4O. The smallest absolute Gasteiger partial charge is 0.257 e. The number of likely N-dealkylation sites (N-methyl/N-ethyl adjacent to an activating group) is 1. The Morgan fingerprint density at radius 2 is 1.63 bits per heavy atom. The van der Waals surface area contributed by atoms with E-state index in [1.807, 2.05) is 9.58 Å². The molecule has 1 aromatic heterocycles. The van der Waals surface area contributed by atoms with Crippen LogP contribution in [0.1, 0.15) is 54.0 Å². The topological polar surface area (TPSA) is 41.4 Å². The fraction of sp³-hybridized carbons (Fsp3) is 0.545. The van der Waals surface area contributed by atoms with Crippen LogP contribution in [-0.2, 0) is 12.8 Å². The second-order valence-corrected chi connectivity index (χ2v) is 7.61. The lowest BCUT2D eigenvalue weighted by molar-refractivity contribution is 0.0662. The average Bonchev–Trinajstić information content (AvgIpc) is 3.01. The lowest BCUT2D eigenvalue weighted by Gasteiger charge is -2.32. The van der Waals surface area contributed by atoms with Crippen molar-refractivity contribution in [1.82, 2.24) is 19.6 Å². The summed E-state index contributed by atoms with van der Waals surface area (Å²) in [5, 5.41) is 4.91. The lowest BCUT2D eigenvalue weighted by atomic mass is 10.0. The standard InChI is InChI=1S/C22H32N4O/c1-5-7-19-21(22(27)25-15-13-24(4)14-16-25)20(8-6-2)26(23-19)18-11-9-17(3)10-12-18/h9-12H,5-8,13-16H2,1-4H3. The Labute approximate surface area is 163 Å². The molecule has 1 fully saturated rings. The minimum absolute atomic E-state index is 0.161. The molecule has 3 rings (SSSR count). The second kappa shape index (κ2) is 8.70. The third-order valence-corrected chi connectivity index (χ3v) is 5.31.